The summed E-state index contributed by atoms with van der Waals surface area (Å²) in [7, 11) is 0. The first-order chi connectivity index (χ1) is 19.0. The number of thiophene rings is 2. The van der Waals surface area contributed by atoms with Crippen molar-refractivity contribution in [3.8, 4) is 34.0 Å². The van der Waals surface area contributed by atoms with Crippen LogP contribution in [-0.2, 0) is 0 Å². The summed E-state index contributed by atoms with van der Waals surface area (Å²) in [4.78, 5) is 4.87. The topological polar surface area (TPSA) is 95.2 Å². The third kappa shape index (κ3) is 3.58. The van der Waals surface area contributed by atoms with Crippen molar-refractivity contribution in [1.82, 2.24) is 0 Å². The zero-order valence-electron chi connectivity index (χ0n) is 23.8. The summed E-state index contributed by atoms with van der Waals surface area (Å²) in [6.45, 7) is 16.7. The van der Waals surface area contributed by atoms with Gasteiger partial charge in [-0.15, -0.1) is 22.7 Å². The zero-order chi connectivity index (χ0) is 29.2. The number of benzene rings is 1. The minimum atomic E-state index is 0.0858. The normalized spacial score (nSPS) is 13.1. The maximum absolute atomic E-state index is 10.1. The predicted octanol–water partition coefficient (Wildman–Crippen LogP) is 9.21. The average Bonchev–Trinajstić information content (AvgIpc) is 3.65. The fourth-order valence-electron chi connectivity index (χ4n) is 5.95. The molecule has 3 aromatic rings. The highest BCUT2D eigenvalue weighted by atomic mass is 32.1. The van der Waals surface area contributed by atoms with Crippen LogP contribution in [0.1, 0.15) is 72.3 Å². The van der Waals surface area contributed by atoms with Crippen LogP contribution in [-0.4, -0.2) is 0 Å². The third-order valence-electron chi connectivity index (χ3n) is 8.44. The van der Waals surface area contributed by atoms with Crippen molar-refractivity contribution < 1.29 is 0 Å². The molecule has 0 aliphatic heterocycles. The monoisotopic (exact) mass is 554 g/mol. The summed E-state index contributed by atoms with van der Waals surface area (Å²) >= 11 is 3.53. The number of rotatable bonds is 2. The Kier molecular flexibility index (Phi) is 6.53. The Morgan fingerprint density at radius 3 is 1.50 bits per heavy atom. The van der Waals surface area contributed by atoms with Crippen LogP contribution in [0.4, 0.5) is 0 Å². The van der Waals surface area contributed by atoms with E-state index in [-0.39, 0.29) is 11.1 Å². The molecule has 0 saturated carbocycles. The Labute approximate surface area is 243 Å². The third-order valence-corrected chi connectivity index (χ3v) is 11.3. The molecule has 2 heterocycles. The molecule has 0 fully saturated rings. The lowest BCUT2D eigenvalue weighted by Gasteiger charge is -2.17. The predicted molar refractivity (Wildman–Crippen MR) is 165 cm³/mol. The van der Waals surface area contributed by atoms with E-state index in [2.05, 4.69) is 65.0 Å². The van der Waals surface area contributed by atoms with Crippen molar-refractivity contribution in [2.24, 2.45) is 0 Å². The van der Waals surface area contributed by atoms with E-state index >= 15 is 0 Å². The molecule has 40 heavy (non-hydrogen) atoms. The lowest BCUT2D eigenvalue weighted by atomic mass is 9.84. The smallest absolute Gasteiger partial charge is 0.138 e. The van der Waals surface area contributed by atoms with Gasteiger partial charge in [0, 0.05) is 36.2 Å². The number of fused-ring (bicyclic) bond motifs is 2. The van der Waals surface area contributed by atoms with E-state index in [0.717, 1.165) is 55.0 Å². The van der Waals surface area contributed by atoms with E-state index in [0.29, 0.717) is 11.1 Å². The van der Waals surface area contributed by atoms with Crippen molar-refractivity contribution >= 4 is 51.5 Å². The van der Waals surface area contributed by atoms with Crippen LogP contribution in [0.15, 0.2) is 16.7 Å². The number of aryl methyl sites for hydroxylation is 1. The molecule has 4 nitrogen and oxygen atoms in total. The summed E-state index contributed by atoms with van der Waals surface area (Å²) in [5.74, 6) is 0. The Morgan fingerprint density at radius 2 is 0.975 bits per heavy atom. The minimum Gasteiger partial charge on any atom is -0.192 e. The summed E-state index contributed by atoms with van der Waals surface area (Å²) in [6.07, 6.45) is 4.12. The maximum Gasteiger partial charge on any atom is 0.138 e. The van der Waals surface area contributed by atoms with E-state index in [1.807, 2.05) is 38.2 Å². The zero-order valence-corrected chi connectivity index (χ0v) is 25.4. The van der Waals surface area contributed by atoms with Gasteiger partial charge in [-0.1, -0.05) is 6.08 Å². The summed E-state index contributed by atoms with van der Waals surface area (Å²) < 4.78 is 0. The molecule has 0 bridgehead atoms. The highest BCUT2D eigenvalue weighted by Crippen LogP contribution is 2.54. The fourth-order valence-corrected chi connectivity index (χ4v) is 8.70. The van der Waals surface area contributed by atoms with Crippen molar-refractivity contribution in [3.05, 3.63) is 82.1 Å². The highest BCUT2D eigenvalue weighted by Gasteiger charge is 2.35. The number of nitriles is 4. The van der Waals surface area contributed by atoms with Gasteiger partial charge in [-0.2, -0.15) is 21.0 Å². The lowest BCUT2D eigenvalue weighted by Crippen LogP contribution is -2.02. The molecular formula is C34H26N4S2. The van der Waals surface area contributed by atoms with Gasteiger partial charge < -0.3 is 0 Å². The lowest BCUT2D eigenvalue weighted by molar-refractivity contribution is 1.31. The Balaban J connectivity index is 1.85. The van der Waals surface area contributed by atoms with Crippen LogP contribution >= 0.6 is 22.7 Å². The standard InChI is InChI=1S/C34H26N4S2/c1-15-9-25-20(6)30-26(21(7)29(25)28(15)23(11-35)12-36)10-27(31(30)24(13-37)14-38)32-18(4)19(5)34(40-32)33-17(3)16(2)22(8)39-33/h9-10H,1-8H3. The van der Waals surface area contributed by atoms with E-state index < -0.39 is 0 Å². The van der Waals surface area contributed by atoms with E-state index in [9.17, 15) is 21.0 Å². The van der Waals surface area contributed by atoms with Gasteiger partial charge >= 0.3 is 0 Å². The van der Waals surface area contributed by atoms with Crippen LogP contribution in [0.2, 0.25) is 0 Å². The average molecular weight is 555 g/mol. The first kappa shape index (κ1) is 27.1. The molecule has 5 rings (SSSR count). The van der Waals surface area contributed by atoms with Gasteiger partial charge in [0.25, 0.3) is 0 Å². The van der Waals surface area contributed by atoms with Crippen LogP contribution in [0.3, 0.4) is 0 Å². The van der Waals surface area contributed by atoms with Crippen molar-refractivity contribution in [2.45, 2.75) is 55.4 Å². The number of nitrogens with zero attached hydrogens (tertiary/aromatic N) is 4. The second-order valence-corrected chi connectivity index (χ2v) is 12.7. The number of hydrogen-bond acceptors (Lipinski definition) is 6. The van der Waals surface area contributed by atoms with Crippen molar-refractivity contribution in [1.29, 1.82) is 21.0 Å². The molecule has 0 spiro atoms. The summed E-state index contributed by atoms with van der Waals surface area (Å²) in [5, 5.41) is 39.6. The minimum absolute atomic E-state index is 0.0858. The first-order valence-corrected chi connectivity index (χ1v) is 14.5. The van der Waals surface area contributed by atoms with Crippen molar-refractivity contribution in [3.63, 3.8) is 0 Å². The van der Waals surface area contributed by atoms with Gasteiger partial charge in [-0.3, -0.25) is 0 Å². The first-order valence-electron chi connectivity index (χ1n) is 12.9. The molecule has 0 unspecified atom stereocenters. The van der Waals surface area contributed by atoms with Gasteiger partial charge in [0.2, 0.25) is 0 Å². The van der Waals surface area contributed by atoms with Crippen LogP contribution in [0, 0.1) is 93.8 Å². The van der Waals surface area contributed by atoms with Crippen LogP contribution < -0.4 is 0 Å². The summed E-state index contributed by atoms with van der Waals surface area (Å²) in [5.41, 5.74) is 13.8. The molecule has 2 aromatic heterocycles. The summed E-state index contributed by atoms with van der Waals surface area (Å²) in [6, 6.07) is 8.48. The van der Waals surface area contributed by atoms with E-state index in [1.165, 1.54) is 31.3 Å². The molecule has 0 atom stereocenters. The molecule has 194 valence electrons. The molecule has 2 aliphatic rings. The van der Waals surface area contributed by atoms with Crippen LogP contribution in [0.5, 0.6) is 0 Å². The molecule has 6 heteroatoms. The van der Waals surface area contributed by atoms with Gasteiger partial charge in [-0.25, -0.2) is 0 Å². The molecule has 1 aromatic carbocycles. The van der Waals surface area contributed by atoms with Crippen molar-refractivity contribution in [2.75, 3.05) is 0 Å². The second-order valence-electron chi connectivity index (χ2n) is 10.4. The molecule has 0 saturated heterocycles. The second kappa shape index (κ2) is 9.62. The van der Waals surface area contributed by atoms with Gasteiger partial charge in [0.05, 0.1) is 0 Å². The fraction of sp³-hybridized carbons (Fsp3) is 0.235. The molecule has 2 aliphatic carbocycles. The van der Waals surface area contributed by atoms with Crippen LogP contribution in [0.25, 0.3) is 38.6 Å². The SMILES string of the molecule is CC1=Cc2c(C)c3c(c(C)c2C1=C(C#N)C#N)C=C(c1sc(-c2sc(C)c(C)c2C)c(C)c1C)C3=C(C#N)C#N. The largest absolute Gasteiger partial charge is 0.192 e. The Morgan fingerprint density at radius 1 is 0.525 bits per heavy atom. The van der Waals surface area contributed by atoms with Gasteiger partial charge in [0.15, 0.2) is 0 Å². The molecule has 0 radical (unpaired) electrons. The Bertz CT molecular complexity index is 1970. The molecular weight excluding hydrogens is 529 g/mol. The highest BCUT2D eigenvalue weighted by molar-refractivity contribution is 7.23. The number of hydrogen-bond donors (Lipinski definition) is 0. The molecule has 0 amide bonds. The number of allylic oxidation sites excluding steroid dienone is 6. The quantitative estimate of drug-likeness (QED) is 0.295. The Hall–Kier alpha value is -4.46. The maximum atomic E-state index is 10.1. The van der Waals surface area contributed by atoms with E-state index in [4.69, 9.17) is 0 Å². The molecule has 0 N–H and O–H groups in total. The van der Waals surface area contributed by atoms with E-state index in [1.54, 1.807) is 11.3 Å². The van der Waals surface area contributed by atoms with Gasteiger partial charge in [0.1, 0.15) is 35.4 Å². The van der Waals surface area contributed by atoms with Gasteiger partial charge in [-0.05, 0) is 123 Å².